The Morgan fingerprint density at radius 1 is 1.24 bits per heavy atom. The van der Waals surface area contributed by atoms with Crippen molar-refractivity contribution in [1.29, 1.82) is 0 Å². The van der Waals surface area contributed by atoms with E-state index in [4.69, 9.17) is 11.5 Å². The van der Waals surface area contributed by atoms with Crippen molar-refractivity contribution in [1.82, 2.24) is 10.3 Å². The van der Waals surface area contributed by atoms with Gasteiger partial charge >= 0.3 is 0 Å². The number of nitrogen functional groups attached to an aromatic ring is 2. The first kappa shape index (κ1) is 14.8. The molecular weight excluding hydrogens is 274 g/mol. The van der Waals surface area contributed by atoms with E-state index in [1.54, 1.807) is 13.1 Å². The number of nitrogens with zero attached hydrogens (tertiary/aromatic N) is 1. The van der Waals surface area contributed by atoms with Crippen LogP contribution >= 0.6 is 0 Å². The van der Waals surface area contributed by atoms with Crippen LogP contribution in [0.15, 0.2) is 24.4 Å². The normalized spacial score (nSPS) is 10.0. The molecular formula is C15H14F2N4. The molecule has 0 saturated carbocycles. The number of hydrogen-bond donors (Lipinski definition) is 3. The predicted octanol–water partition coefficient (Wildman–Crippen LogP) is 1.64. The third-order valence-corrected chi connectivity index (χ3v) is 2.82. The second kappa shape index (κ2) is 6.20. The zero-order valence-corrected chi connectivity index (χ0v) is 11.4. The van der Waals surface area contributed by atoms with Gasteiger partial charge in [-0.15, -0.1) is 0 Å². The molecule has 0 radical (unpaired) electrons. The summed E-state index contributed by atoms with van der Waals surface area (Å²) in [5.41, 5.74) is 11.9. The Hall–Kier alpha value is -2.65. The fraction of sp³-hybridized carbons (Fsp3) is 0.133. The molecule has 108 valence electrons. The lowest BCUT2D eigenvalue weighted by atomic mass is 10.1. The van der Waals surface area contributed by atoms with E-state index in [9.17, 15) is 8.78 Å². The molecule has 0 spiro atoms. The lowest BCUT2D eigenvalue weighted by molar-refractivity contribution is 0.580. The Kier molecular flexibility index (Phi) is 4.36. The van der Waals surface area contributed by atoms with Gasteiger partial charge in [0.05, 0.1) is 11.3 Å². The van der Waals surface area contributed by atoms with E-state index in [-0.39, 0.29) is 11.3 Å². The highest BCUT2D eigenvalue weighted by Gasteiger charge is 2.09. The molecule has 4 nitrogen and oxygen atoms in total. The molecule has 1 aromatic heterocycles. The van der Waals surface area contributed by atoms with Crippen LogP contribution in [-0.2, 0) is 6.54 Å². The van der Waals surface area contributed by atoms with Crippen LogP contribution in [0.25, 0.3) is 0 Å². The van der Waals surface area contributed by atoms with E-state index in [0.29, 0.717) is 17.9 Å². The summed E-state index contributed by atoms with van der Waals surface area (Å²) in [6, 6.07) is 3.95. The van der Waals surface area contributed by atoms with Gasteiger partial charge in [-0.05, 0) is 25.2 Å². The number of rotatable bonds is 2. The summed E-state index contributed by atoms with van der Waals surface area (Å²) >= 11 is 0. The Balaban J connectivity index is 2.40. The minimum atomic E-state index is -0.860. The first-order valence-corrected chi connectivity index (χ1v) is 6.17. The van der Waals surface area contributed by atoms with E-state index in [1.807, 2.05) is 0 Å². The van der Waals surface area contributed by atoms with Crippen LogP contribution in [-0.4, -0.2) is 12.0 Å². The Bertz CT molecular complexity index is 732. The molecule has 0 aliphatic rings. The van der Waals surface area contributed by atoms with Gasteiger partial charge in [-0.3, -0.25) is 0 Å². The molecule has 0 saturated heterocycles. The molecule has 5 N–H and O–H groups in total. The molecule has 2 aromatic rings. The van der Waals surface area contributed by atoms with E-state index in [0.717, 1.165) is 17.7 Å². The average molecular weight is 288 g/mol. The van der Waals surface area contributed by atoms with Crippen molar-refractivity contribution in [2.24, 2.45) is 0 Å². The van der Waals surface area contributed by atoms with Crippen LogP contribution in [0.3, 0.4) is 0 Å². The molecule has 0 unspecified atom stereocenters. The van der Waals surface area contributed by atoms with Gasteiger partial charge in [0, 0.05) is 23.9 Å². The highest BCUT2D eigenvalue weighted by molar-refractivity contribution is 5.53. The lowest BCUT2D eigenvalue weighted by Gasteiger charge is -2.04. The van der Waals surface area contributed by atoms with E-state index < -0.39 is 11.6 Å². The summed E-state index contributed by atoms with van der Waals surface area (Å²) in [6.45, 7) is 0.523. The second-order valence-corrected chi connectivity index (χ2v) is 4.37. The van der Waals surface area contributed by atoms with Crippen molar-refractivity contribution in [3.63, 3.8) is 0 Å². The van der Waals surface area contributed by atoms with Gasteiger partial charge in [0.25, 0.3) is 0 Å². The number of nitrogens with one attached hydrogen (secondary N) is 1. The molecule has 0 aliphatic carbocycles. The van der Waals surface area contributed by atoms with Crippen LogP contribution in [0, 0.1) is 23.5 Å². The molecule has 1 heterocycles. The molecule has 2 rings (SSSR count). The second-order valence-electron chi connectivity index (χ2n) is 4.37. The van der Waals surface area contributed by atoms with Crippen molar-refractivity contribution in [2.75, 3.05) is 18.5 Å². The van der Waals surface area contributed by atoms with Crippen molar-refractivity contribution in [3.05, 3.63) is 52.7 Å². The van der Waals surface area contributed by atoms with Crippen molar-refractivity contribution in [2.45, 2.75) is 6.54 Å². The molecule has 6 heteroatoms. The smallest absolute Gasteiger partial charge is 0.164 e. The zero-order chi connectivity index (χ0) is 15.4. The van der Waals surface area contributed by atoms with Gasteiger partial charge in [-0.25, -0.2) is 13.8 Å². The third-order valence-electron chi connectivity index (χ3n) is 2.82. The maximum absolute atomic E-state index is 13.7. The quantitative estimate of drug-likeness (QED) is 0.580. The molecule has 0 bridgehead atoms. The van der Waals surface area contributed by atoms with Gasteiger partial charge in [-0.2, -0.15) is 0 Å². The van der Waals surface area contributed by atoms with E-state index in [1.165, 1.54) is 6.20 Å². The van der Waals surface area contributed by atoms with Gasteiger partial charge in [0.2, 0.25) is 0 Å². The zero-order valence-electron chi connectivity index (χ0n) is 11.4. The van der Waals surface area contributed by atoms with Crippen molar-refractivity contribution in [3.8, 4) is 11.8 Å². The van der Waals surface area contributed by atoms with Crippen molar-refractivity contribution < 1.29 is 8.78 Å². The number of anilines is 2. The fourth-order valence-corrected chi connectivity index (χ4v) is 1.74. The largest absolute Gasteiger partial charge is 0.396 e. The summed E-state index contributed by atoms with van der Waals surface area (Å²) in [6.07, 6.45) is 1.45. The molecule has 0 atom stereocenters. The van der Waals surface area contributed by atoms with Crippen LogP contribution in [0.4, 0.5) is 20.3 Å². The first-order valence-electron chi connectivity index (χ1n) is 6.17. The predicted molar refractivity (Wildman–Crippen MR) is 78.2 cm³/mol. The highest BCUT2D eigenvalue weighted by atomic mass is 19.1. The molecule has 0 aliphatic heterocycles. The average Bonchev–Trinajstić information content (AvgIpc) is 2.46. The summed E-state index contributed by atoms with van der Waals surface area (Å²) in [5, 5.41) is 2.95. The van der Waals surface area contributed by atoms with Gasteiger partial charge in [0.15, 0.2) is 5.82 Å². The molecule has 0 amide bonds. The van der Waals surface area contributed by atoms with Crippen LogP contribution in [0.2, 0.25) is 0 Å². The van der Waals surface area contributed by atoms with E-state index in [2.05, 4.69) is 22.1 Å². The third kappa shape index (κ3) is 3.27. The number of benzene rings is 1. The van der Waals surface area contributed by atoms with Gasteiger partial charge in [0.1, 0.15) is 11.6 Å². The summed E-state index contributed by atoms with van der Waals surface area (Å²) in [4.78, 5) is 4.00. The highest BCUT2D eigenvalue weighted by Crippen LogP contribution is 2.17. The monoisotopic (exact) mass is 288 g/mol. The Morgan fingerprint density at radius 3 is 2.71 bits per heavy atom. The maximum Gasteiger partial charge on any atom is 0.164 e. The fourth-order valence-electron chi connectivity index (χ4n) is 1.74. The molecule has 21 heavy (non-hydrogen) atoms. The number of pyridine rings is 1. The topological polar surface area (TPSA) is 77.0 Å². The standard InChI is InChI=1S/C15H14F2N4/c1-20-8-10-6-9(7-21-15(10)19)2-3-11-12(16)4-5-13(18)14(11)17/h4-7,20H,8,18H2,1H3,(H2,19,21). The van der Waals surface area contributed by atoms with Gasteiger partial charge < -0.3 is 16.8 Å². The molecule has 0 fully saturated rings. The summed E-state index contributed by atoms with van der Waals surface area (Å²) < 4.78 is 27.3. The van der Waals surface area contributed by atoms with Crippen LogP contribution in [0.1, 0.15) is 16.7 Å². The van der Waals surface area contributed by atoms with Crippen molar-refractivity contribution >= 4 is 11.5 Å². The number of hydrogen-bond acceptors (Lipinski definition) is 4. The maximum atomic E-state index is 13.7. The van der Waals surface area contributed by atoms with Gasteiger partial charge in [-0.1, -0.05) is 11.8 Å². The lowest BCUT2D eigenvalue weighted by Crippen LogP contribution is -2.09. The summed E-state index contributed by atoms with van der Waals surface area (Å²) in [7, 11) is 1.77. The Morgan fingerprint density at radius 2 is 2.00 bits per heavy atom. The SMILES string of the molecule is CNCc1cc(C#Cc2c(F)ccc(N)c2F)cnc1N. The first-order chi connectivity index (χ1) is 10.0. The number of aromatic nitrogens is 1. The van der Waals surface area contributed by atoms with Crippen LogP contribution in [0.5, 0.6) is 0 Å². The minimum Gasteiger partial charge on any atom is -0.396 e. The summed E-state index contributed by atoms with van der Waals surface area (Å²) in [5.74, 6) is 3.88. The van der Waals surface area contributed by atoms with E-state index >= 15 is 0 Å². The van der Waals surface area contributed by atoms with Crippen LogP contribution < -0.4 is 16.8 Å². The molecule has 1 aromatic carbocycles. The Labute approximate surface area is 121 Å². The minimum absolute atomic E-state index is 0.146. The number of nitrogens with two attached hydrogens (primary N) is 2. The number of halogens is 2.